The van der Waals surface area contributed by atoms with Crippen LogP contribution in [0.15, 0.2) is 18.2 Å². The van der Waals surface area contributed by atoms with Crippen molar-refractivity contribution in [2.45, 2.75) is 43.9 Å². The Morgan fingerprint density at radius 3 is 2.96 bits per heavy atom. The number of methoxy groups -OCH3 is 1. The highest BCUT2D eigenvalue weighted by Crippen LogP contribution is 2.55. The summed E-state index contributed by atoms with van der Waals surface area (Å²) in [5.41, 5.74) is 3.71. The van der Waals surface area contributed by atoms with E-state index >= 15 is 0 Å². The molecule has 0 saturated heterocycles. The second kappa shape index (κ2) is 5.93. The summed E-state index contributed by atoms with van der Waals surface area (Å²) in [6.07, 6.45) is 5.47. The highest BCUT2D eigenvalue weighted by molar-refractivity contribution is 5.63. The minimum Gasteiger partial charge on any atom is -1.00 e. The Labute approximate surface area is 154 Å². The lowest BCUT2D eigenvalue weighted by Gasteiger charge is -2.35. The third kappa shape index (κ3) is 2.39. The largest absolute Gasteiger partial charge is 1.00 e. The second-order valence-electron chi connectivity index (χ2n) is 7.03. The minimum absolute atomic E-state index is 0. The SMILES string of the molecule is COc1c(C)cc2c3c1O[C@H]1C[C@@H](O)C=C[C@@]31CC[NH+](C)C2.[I-]. The van der Waals surface area contributed by atoms with Crippen molar-refractivity contribution < 1.29 is 43.5 Å². The number of aryl methyl sites for hydroxylation is 1. The molecule has 0 saturated carbocycles. The van der Waals surface area contributed by atoms with Gasteiger partial charge < -0.3 is 43.5 Å². The van der Waals surface area contributed by atoms with Crippen LogP contribution in [0.2, 0.25) is 0 Å². The highest BCUT2D eigenvalue weighted by Gasteiger charge is 2.53. The van der Waals surface area contributed by atoms with Crippen molar-refractivity contribution in [3.8, 4) is 11.5 Å². The van der Waals surface area contributed by atoms with Gasteiger partial charge in [0.2, 0.25) is 0 Å². The lowest BCUT2D eigenvalue weighted by Crippen LogP contribution is -3.07. The first-order valence-electron chi connectivity index (χ1n) is 8.11. The minimum atomic E-state index is -0.409. The van der Waals surface area contributed by atoms with Gasteiger partial charge in [0.1, 0.15) is 12.6 Å². The average Bonchev–Trinajstić information content (AvgIpc) is 2.72. The fraction of sp³-hybridized carbons (Fsp3) is 0.556. The number of halogens is 1. The molecular formula is C18H24INO3. The van der Waals surface area contributed by atoms with Gasteiger partial charge in [0.15, 0.2) is 11.5 Å². The zero-order valence-corrected chi connectivity index (χ0v) is 16.0. The Hall–Kier alpha value is -0.790. The third-order valence-corrected chi connectivity index (χ3v) is 5.54. The van der Waals surface area contributed by atoms with Gasteiger partial charge in [-0.1, -0.05) is 12.2 Å². The van der Waals surface area contributed by atoms with Crippen LogP contribution >= 0.6 is 0 Å². The van der Waals surface area contributed by atoms with Crippen molar-refractivity contribution >= 4 is 0 Å². The van der Waals surface area contributed by atoms with Gasteiger partial charge in [0.05, 0.1) is 32.2 Å². The van der Waals surface area contributed by atoms with E-state index in [4.69, 9.17) is 9.47 Å². The molecule has 23 heavy (non-hydrogen) atoms. The Bertz CT molecular complexity index is 660. The fourth-order valence-corrected chi connectivity index (χ4v) is 4.49. The molecule has 0 radical (unpaired) electrons. The Morgan fingerprint density at radius 1 is 1.43 bits per heavy atom. The lowest BCUT2D eigenvalue weighted by molar-refractivity contribution is -0.893. The first-order chi connectivity index (χ1) is 10.5. The molecule has 0 fully saturated rings. The Balaban J connectivity index is 0.00000156. The Kier molecular flexibility index (Phi) is 4.40. The molecule has 126 valence electrons. The van der Waals surface area contributed by atoms with Crippen LogP contribution in [0.4, 0.5) is 0 Å². The number of benzene rings is 1. The summed E-state index contributed by atoms with van der Waals surface area (Å²) in [6, 6.07) is 2.26. The van der Waals surface area contributed by atoms with Gasteiger partial charge in [-0.3, -0.25) is 0 Å². The number of hydrogen-bond acceptors (Lipinski definition) is 3. The number of aliphatic hydroxyl groups is 1. The van der Waals surface area contributed by atoms with Crippen LogP contribution in [0.1, 0.15) is 29.5 Å². The first-order valence-corrected chi connectivity index (χ1v) is 8.11. The van der Waals surface area contributed by atoms with Crippen LogP contribution in [0, 0.1) is 6.92 Å². The van der Waals surface area contributed by atoms with Crippen molar-refractivity contribution in [3.63, 3.8) is 0 Å². The average molecular weight is 429 g/mol. The van der Waals surface area contributed by atoms with Crippen LogP contribution in [-0.4, -0.2) is 38.0 Å². The molecule has 2 aliphatic heterocycles. The van der Waals surface area contributed by atoms with E-state index in [1.54, 1.807) is 7.11 Å². The smallest absolute Gasteiger partial charge is 0.166 e. The van der Waals surface area contributed by atoms with Crippen molar-refractivity contribution in [2.24, 2.45) is 0 Å². The van der Waals surface area contributed by atoms with Crippen LogP contribution in [0.25, 0.3) is 0 Å². The molecule has 4 atom stereocenters. The first kappa shape index (κ1) is 17.0. The molecule has 0 aromatic heterocycles. The summed E-state index contributed by atoms with van der Waals surface area (Å²) in [4.78, 5) is 1.52. The van der Waals surface area contributed by atoms with Gasteiger partial charge in [-0.05, 0) is 18.6 Å². The summed E-state index contributed by atoms with van der Waals surface area (Å²) < 4.78 is 12.0. The second-order valence-corrected chi connectivity index (χ2v) is 7.03. The molecule has 2 heterocycles. The highest BCUT2D eigenvalue weighted by atomic mass is 127. The third-order valence-electron chi connectivity index (χ3n) is 5.54. The van der Waals surface area contributed by atoms with E-state index in [1.165, 1.54) is 16.0 Å². The monoisotopic (exact) mass is 429 g/mol. The molecule has 0 amide bonds. The zero-order valence-electron chi connectivity index (χ0n) is 13.9. The standard InChI is InChI=1S/C18H23NO3.HI/c1-11-8-12-10-19(2)7-6-18-5-4-13(20)9-14(18)22-17(15(12)18)16(11)21-3;/h4-5,8,13-14,20H,6-7,9-10H2,1-3H3;1H/t13-,14-,18-;/m0./s1. The number of quaternary nitrogens is 1. The predicted molar refractivity (Wildman–Crippen MR) is 83.7 cm³/mol. The van der Waals surface area contributed by atoms with Gasteiger partial charge in [-0.25, -0.2) is 0 Å². The van der Waals surface area contributed by atoms with E-state index in [2.05, 4.69) is 26.1 Å². The molecule has 1 spiro atoms. The van der Waals surface area contributed by atoms with Gasteiger partial charge >= 0.3 is 0 Å². The van der Waals surface area contributed by atoms with E-state index in [1.807, 2.05) is 6.08 Å². The summed E-state index contributed by atoms with van der Waals surface area (Å²) in [5, 5.41) is 10.0. The zero-order chi connectivity index (χ0) is 15.5. The molecule has 1 aromatic carbocycles. The Morgan fingerprint density at radius 2 is 2.22 bits per heavy atom. The molecule has 2 N–H and O–H groups in total. The van der Waals surface area contributed by atoms with Crippen LogP contribution in [-0.2, 0) is 12.0 Å². The molecule has 4 nitrogen and oxygen atoms in total. The quantitative estimate of drug-likeness (QED) is 0.392. The number of nitrogens with one attached hydrogen (secondary N) is 1. The molecule has 3 aliphatic rings. The number of rotatable bonds is 1. The van der Waals surface area contributed by atoms with Crippen molar-refractivity contribution in [1.82, 2.24) is 0 Å². The molecule has 5 heteroatoms. The van der Waals surface area contributed by atoms with E-state index in [-0.39, 0.29) is 35.5 Å². The van der Waals surface area contributed by atoms with Gasteiger partial charge in [-0.15, -0.1) is 0 Å². The molecule has 4 rings (SSSR count). The molecule has 1 aromatic rings. The van der Waals surface area contributed by atoms with Crippen LogP contribution in [0.3, 0.4) is 0 Å². The van der Waals surface area contributed by atoms with Gasteiger partial charge in [-0.2, -0.15) is 0 Å². The maximum absolute atomic E-state index is 10.0. The molecular weight excluding hydrogens is 405 g/mol. The molecule has 0 bridgehead atoms. The number of hydrogen-bond donors (Lipinski definition) is 2. The van der Waals surface area contributed by atoms with Crippen LogP contribution < -0.4 is 38.4 Å². The van der Waals surface area contributed by atoms with Crippen molar-refractivity contribution in [2.75, 3.05) is 20.7 Å². The lowest BCUT2D eigenvalue weighted by atomic mass is 9.69. The van der Waals surface area contributed by atoms with E-state index < -0.39 is 6.10 Å². The summed E-state index contributed by atoms with van der Waals surface area (Å²) >= 11 is 0. The van der Waals surface area contributed by atoms with E-state index in [0.29, 0.717) is 6.42 Å². The molecule has 1 aliphatic carbocycles. The van der Waals surface area contributed by atoms with Crippen molar-refractivity contribution in [3.05, 3.63) is 34.9 Å². The topological polar surface area (TPSA) is 43.1 Å². The fourth-order valence-electron chi connectivity index (χ4n) is 4.49. The maximum atomic E-state index is 10.0. The summed E-state index contributed by atoms with van der Waals surface area (Å²) in [7, 11) is 3.96. The summed E-state index contributed by atoms with van der Waals surface area (Å²) in [6.45, 7) is 4.20. The predicted octanol–water partition coefficient (Wildman–Crippen LogP) is -2.25. The molecule has 1 unspecified atom stereocenters. The van der Waals surface area contributed by atoms with Gasteiger partial charge in [0, 0.05) is 24.0 Å². The number of ether oxygens (including phenoxy) is 2. The summed E-state index contributed by atoms with van der Waals surface area (Å²) in [5.74, 6) is 1.77. The van der Waals surface area contributed by atoms with Crippen LogP contribution in [0.5, 0.6) is 11.5 Å². The van der Waals surface area contributed by atoms with E-state index in [9.17, 15) is 5.11 Å². The van der Waals surface area contributed by atoms with Crippen molar-refractivity contribution in [1.29, 1.82) is 0 Å². The maximum Gasteiger partial charge on any atom is 0.166 e. The normalized spacial score (nSPS) is 33.8. The van der Waals surface area contributed by atoms with Gasteiger partial charge in [0.25, 0.3) is 0 Å². The van der Waals surface area contributed by atoms with E-state index in [0.717, 1.165) is 36.6 Å². The number of aliphatic hydroxyl groups excluding tert-OH is 1.